The van der Waals surface area contributed by atoms with E-state index in [1.54, 1.807) is 29.2 Å². The van der Waals surface area contributed by atoms with Crippen LogP contribution < -0.4 is 9.21 Å². The molecule has 1 aliphatic rings. The minimum absolute atomic E-state index is 0.00321. The van der Waals surface area contributed by atoms with Crippen LogP contribution in [0.2, 0.25) is 5.02 Å². The van der Waals surface area contributed by atoms with Gasteiger partial charge in [-0.3, -0.25) is 9.10 Å². The maximum absolute atomic E-state index is 12.9. The van der Waals surface area contributed by atoms with Crippen LogP contribution in [-0.4, -0.2) is 33.2 Å². The topological polar surface area (TPSA) is 57.7 Å². The van der Waals surface area contributed by atoms with Crippen LogP contribution in [0.15, 0.2) is 48.5 Å². The lowest BCUT2D eigenvalue weighted by atomic mass is 10.1. The molecule has 5 nitrogen and oxygen atoms in total. The van der Waals surface area contributed by atoms with Gasteiger partial charge in [0.2, 0.25) is 15.9 Å². The summed E-state index contributed by atoms with van der Waals surface area (Å²) in [4.78, 5) is 14.6. The zero-order chi connectivity index (χ0) is 18.2. The standard InChI is InChI=1S/C18H19ClN2O3S/c1-13-11-14-5-3-4-6-17(14)21(13)18(22)12-20(25(2,23)24)16-9-7-15(19)8-10-16/h3-10,13H,11-12H2,1-2H3. The highest BCUT2D eigenvalue weighted by Crippen LogP contribution is 2.32. The Balaban J connectivity index is 1.90. The number of nitrogens with zero attached hydrogens (tertiary/aromatic N) is 2. The van der Waals surface area contributed by atoms with Crippen LogP contribution >= 0.6 is 11.6 Å². The van der Waals surface area contributed by atoms with Crippen LogP contribution in [0.4, 0.5) is 11.4 Å². The molecular weight excluding hydrogens is 360 g/mol. The number of sulfonamides is 1. The molecule has 0 bridgehead atoms. The second kappa shape index (κ2) is 6.69. The number of anilines is 2. The molecule has 0 fully saturated rings. The van der Waals surface area contributed by atoms with Gasteiger partial charge < -0.3 is 4.90 Å². The highest BCUT2D eigenvalue weighted by Gasteiger charge is 2.32. The molecule has 0 aromatic heterocycles. The van der Waals surface area contributed by atoms with Crippen molar-refractivity contribution in [3.8, 4) is 0 Å². The van der Waals surface area contributed by atoms with E-state index in [1.165, 1.54) is 0 Å². The van der Waals surface area contributed by atoms with Gasteiger partial charge in [0.15, 0.2) is 0 Å². The van der Waals surface area contributed by atoms with Crippen molar-refractivity contribution in [3.05, 3.63) is 59.1 Å². The van der Waals surface area contributed by atoms with Gasteiger partial charge in [0, 0.05) is 16.8 Å². The summed E-state index contributed by atoms with van der Waals surface area (Å²) in [6, 6.07) is 14.1. The zero-order valence-corrected chi connectivity index (χ0v) is 15.6. The number of fused-ring (bicyclic) bond motifs is 1. The van der Waals surface area contributed by atoms with Crippen LogP contribution in [0.3, 0.4) is 0 Å². The van der Waals surface area contributed by atoms with Gasteiger partial charge in [-0.2, -0.15) is 0 Å². The highest BCUT2D eigenvalue weighted by molar-refractivity contribution is 7.92. The monoisotopic (exact) mass is 378 g/mol. The Kier molecular flexibility index (Phi) is 4.75. The summed E-state index contributed by atoms with van der Waals surface area (Å²) in [6.45, 7) is 1.71. The first-order chi connectivity index (χ1) is 11.8. The van der Waals surface area contributed by atoms with E-state index in [-0.39, 0.29) is 18.5 Å². The van der Waals surface area contributed by atoms with Gasteiger partial charge in [-0.25, -0.2) is 8.42 Å². The molecule has 3 rings (SSSR count). The van der Waals surface area contributed by atoms with E-state index >= 15 is 0 Å². The number of benzene rings is 2. The van der Waals surface area contributed by atoms with Crippen molar-refractivity contribution in [2.24, 2.45) is 0 Å². The molecule has 0 aliphatic carbocycles. The van der Waals surface area contributed by atoms with Gasteiger partial charge >= 0.3 is 0 Å². The lowest BCUT2D eigenvalue weighted by molar-refractivity contribution is -0.117. The molecule has 2 aromatic rings. The fourth-order valence-electron chi connectivity index (χ4n) is 3.15. The molecule has 132 valence electrons. The summed E-state index contributed by atoms with van der Waals surface area (Å²) in [5.74, 6) is -0.252. The third-order valence-electron chi connectivity index (χ3n) is 4.27. The normalized spacial score (nSPS) is 16.6. The second-order valence-electron chi connectivity index (χ2n) is 6.19. The zero-order valence-electron chi connectivity index (χ0n) is 14.0. The highest BCUT2D eigenvalue weighted by atomic mass is 35.5. The minimum atomic E-state index is -3.61. The van der Waals surface area contributed by atoms with Gasteiger partial charge in [-0.1, -0.05) is 29.8 Å². The first-order valence-electron chi connectivity index (χ1n) is 7.90. The molecule has 1 heterocycles. The molecule has 1 unspecified atom stereocenters. The summed E-state index contributed by atoms with van der Waals surface area (Å²) in [5, 5.41) is 0.505. The molecular formula is C18H19ClN2O3S. The number of carbonyl (C=O) groups is 1. The molecule has 0 spiro atoms. The predicted octanol–water partition coefficient (Wildman–Crippen LogP) is 3.08. The number of hydrogen-bond acceptors (Lipinski definition) is 3. The van der Waals surface area contributed by atoms with Crippen molar-refractivity contribution in [2.45, 2.75) is 19.4 Å². The SMILES string of the molecule is CC1Cc2ccccc2N1C(=O)CN(c1ccc(Cl)cc1)S(C)(=O)=O. The van der Waals surface area contributed by atoms with Crippen LogP contribution in [0.5, 0.6) is 0 Å². The van der Waals surface area contributed by atoms with Crippen LogP contribution in [-0.2, 0) is 21.2 Å². The summed E-state index contributed by atoms with van der Waals surface area (Å²) in [5.41, 5.74) is 2.37. The van der Waals surface area contributed by atoms with Crippen molar-refractivity contribution >= 4 is 38.9 Å². The number of halogens is 1. The van der Waals surface area contributed by atoms with Gasteiger partial charge in [0.1, 0.15) is 6.54 Å². The van der Waals surface area contributed by atoms with E-state index in [0.717, 1.165) is 28.2 Å². The van der Waals surface area contributed by atoms with Crippen LogP contribution in [0, 0.1) is 0 Å². The summed E-state index contributed by atoms with van der Waals surface area (Å²) in [7, 11) is -3.61. The van der Waals surface area contributed by atoms with Crippen molar-refractivity contribution < 1.29 is 13.2 Å². The van der Waals surface area contributed by atoms with Crippen molar-refractivity contribution in [1.29, 1.82) is 0 Å². The second-order valence-corrected chi connectivity index (χ2v) is 8.53. The van der Waals surface area contributed by atoms with Crippen molar-refractivity contribution in [2.75, 3.05) is 22.0 Å². The molecule has 7 heteroatoms. The summed E-state index contributed by atoms with van der Waals surface area (Å²) < 4.78 is 25.5. The van der Waals surface area contributed by atoms with Crippen LogP contribution in [0.25, 0.3) is 0 Å². The van der Waals surface area contributed by atoms with Gasteiger partial charge in [0.25, 0.3) is 0 Å². The Morgan fingerprint density at radius 1 is 1.20 bits per heavy atom. The van der Waals surface area contributed by atoms with Gasteiger partial charge in [0.05, 0.1) is 11.9 Å². The number of hydrogen-bond donors (Lipinski definition) is 0. The molecule has 0 N–H and O–H groups in total. The summed E-state index contributed by atoms with van der Waals surface area (Å²) in [6.07, 6.45) is 1.86. The van der Waals surface area contributed by atoms with Crippen LogP contribution in [0.1, 0.15) is 12.5 Å². The molecule has 1 aliphatic heterocycles. The minimum Gasteiger partial charge on any atom is -0.307 e. The van der Waals surface area contributed by atoms with Gasteiger partial charge in [-0.05, 0) is 49.2 Å². The molecule has 0 saturated heterocycles. The first kappa shape index (κ1) is 17.8. The molecule has 1 atom stereocenters. The lowest BCUT2D eigenvalue weighted by Crippen LogP contribution is -2.45. The quantitative estimate of drug-likeness (QED) is 0.821. The fraction of sp³-hybridized carbons (Fsp3) is 0.278. The Labute approximate surface area is 152 Å². The van der Waals surface area contributed by atoms with Crippen molar-refractivity contribution in [3.63, 3.8) is 0 Å². The number of para-hydroxylation sites is 1. The molecule has 0 radical (unpaired) electrons. The van der Waals surface area contributed by atoms with E-state index in [9.17, 15) is 13.2 Å². The average molecular weight is 379 g/mol. The lowest BCUT2D eigenvalue weighted by Gasteiger charge is -2.27. The summed E-state index contributed by atoms with van der Waals surface area (Å²) >= 11 is 5.87. The largest absolute Gasteiger partial charge is 0.307 e. The first-order valence-corrected chi connectivity index (χ1v) is 10.1. The molecule has 25 heavy (non-hydrogen) atoms. The van der Waals surface area contributed by atoms with Crippen molar-refractivity contribution in [1.82, 2.24) is 0 Å². The predicted molar refractivity (Wildman–Crippen MR) is 101 cm³/mol. The van der Waals surface area contributed by atoms with Gasteiger partial charge in [-0.15, -0.1) is 0 Å². The van der Waals surface area contributed by atoms with E-state index in [4.69, 9.17) is 11.6 Å². The third-order valence-corrected chi connectivity index (χ3v) is 5.66. The smallest absolute Gasteiger partial charge is 0.248 e. The Morgan fingerprint density at radius 3 is 2.48 bits per heavy atom. The Bertz CT molecular complexity index is 897. The Morgan fingerprint density at radius 2 is 1.84 bits per heavy atom. The fourth-order valence-corrected chi connectivity index (χ4v) is 4.13. The molecule has 2 aromatic carbocycles. The average Bonchev–Trinajstić information content (AvgIpc) is 2.88. The molecule has 1 amide bonds. The maximum Gasteiger partial charge on any atom is 0.248 e. The molecule has 0 saturated carbocycles. The Hall–Kier alpha value is -2.05. The third kappa shape index (κ3) is 3.65. The van der Waals surface area contributed by atoms with E-state index in [0.29, 0.717) is 10.7 Å². The number of carbonyl (C=O) groups excluding carboxylic acids is 1. The maximum atomic E-state index is 12.9. The number of amides is 1. The van der Waals surface area contributed by atoms with E-state index < -0.39 is 10.0 Å². The van der Waals surface area contributed by atoms with E-state index in [2.05, 4.69) is 0 Å². The number of rotatable bonds is 4. The van der Waals surface area contributed by atoms with E-state index in [1.807, 2.05) is 31.2 Å².